The molecule has 0 radical (unpaired) electrons. The van der Waals surface area contributed by atoms with Gasteiger partial charge in [-0.05, 0) is 12.5 Å². The fraction of sp³-hybridized carbons (Fsp3) is 0.176. The van der Waals surface area contributed by atoms with Gasteiger partial charge in [0.15, 0.2) is 5.78 Å². The van der Waals surface area contributed by atoms with Gasteiger partial charge in [0.05, 0.1) is 12.3 Å². The maximum Gasteiger partial charge on any atom is 0.304 e. The van der Waals surface area contributed by atoms with Crippen molar-refractivity contribution >= 4 is 11.8 Å². The third-order valence-corrected chi connectivity index (χ3v) is 3.23. The van der Waals surface area contributed by atoms with Gasteiger partial charge in [0.1, 0.15) is 0 Å². The fourth-order valence-electron chi connectivity index (χ4n) is 2.14. The molecule has 20 heavy (non-hydrogen) atoms. The van der Waals surface area contributed by atoms with E-state index in [9.17, 15) is 9.59 Å². The molecule has 2 rings (SSSR count). The first-order chi connectivity index (χ1) is 9.58. The molecule has 1 unspecified atom stereocenters. The van der Waals surface area contributed by atoms with Crippen LogP contribution >= 0.6 is 0 Å². The summed E-state index contributed by atoms with van der Waals surface area (Å²) in [6, 6.07) is 16.2. The van der Waals surface area contributed by atoms with Gasteiger partial charge < -0.3 is 5.11 Å². The van der Waals surface area contributed by atoms with Crippen LogP contribution < -0.4 is 0 Å². The SMILES string of the molecule is Cc1ccc(C(CC(=O)O)C(=O)c2ccccc2)cc1. The standard InChI is InChI=1S/C17H16O3/c1-12-7-9-13(10-8-12)15(11-16(18)19)17(20)14-5-3-2-4-6-14/h2-10,15H,11H2,1H3,(H,18,19). The second-order valence-electron chi connectivity index (χ2n) is 4.79. The summed E-state index contributed by atoms with van der Waals surface area (Å²) in [7, 11) is 0. The first-order valence-electron chi connectivity index (χ1n) is 6.45. The van der Waals surface area contributed by atoms with Gasteiger partial charge in [-0.2, -0.15) is 0 Å². The summed E-state index contributed by atoms with van der Waals surface area (Å²) in [5.41, 5.74) is 2.36. The molecule has 2 aromatic carbocycles. The number of aliphatic carboxylic acids is 1. The van der Waals surface area contributed by atoms with Gasteiger partial charge in [-0.25, -0.2) is 0 Å². The second kappa shape index (κ2) is 6.15. The Labute approximate surface area is 117 Å². The van der Waals surface area contributed by atoms with Crippen molar-refractivity contribution < 1.29 is 14.7 Å². The Morgan fingerprint density at radius 3 is 2.15 bits per heavy atom. The highest BCUT2D eigenvalue weighted by atomic mass is 16.4. The van der Waals surface area contributed by atoms with Crippen molar-refractivity contribution in [2.75, 3.05) is 0 Å². The average molecular weight is 268 g/mol. The van der Waals surface area contributed by atoms with Crippen LogP contribution in [0.15, 0.2) is 54.6 Å². The van der Waals surface area contributed by atoms with Crippen LogP contribution in [0.2, 0.25) is 0 Å². The zero-order chi connectivity index (χ0) is 14.5. The maximum atomic E-state index is 12.5. The molecule has 0 bridgehead atoms. The Bertz CT molecular complexity index is 600. The first-order valence-corrected chi connectivity index (χ1v) is 6.45. The summed E-state index contributed by atoms with van der Waals surface area (Å²) < 4.78 is 0. The lowest BCUT2D eigenvalue weighted by Crippen LogP contribution is -2.17. The third kappa shape index (κ3) is 3.32. The number of carboxylic acid groups (broad SMARTS) is 1. The van der Waals surface area contributed by atoms with E-state index < -0.39 is 11.9 Å². The Morgan fingerprint density at radius 1 is 1.00 bits per heavy atom. The molecule has 3 nitrogen and oxygen atoms in total. The molecule has 3 heteroatoms. The summed E-state index contributed by atoms with van der Waals surface area (Å²) in [6.07, 6.45) is -0.198. The van der Waals surface area contributed by atoms with Crippen molar-refractivity contribution in [3.63, 3.8) is 0 Å². The van der Waals surface area contributed by atoms with Crippen LogP contribution in [0.3, 0.4) is 0 Å². The number of hydrogen-bond acceptors (Lipinski definition) is 2. The van der Waals surface area contributed by atoms with E-state index in [0.29, 0.717) is 5.56 Å². The van der Waals surface area contributed by atoms with Crippen molar-refractivity contribution in [3.05, 3.63) is 71.3 Å². The van der Waals surface area contributed by atoms with Gasteiger partial charge in [-0.1, -0.05) is 60.2 Å². The summed E-state index contributed by atoms with van der Waals surface area (Å²) in [5, 5.41) is 9.04. The number of benzene rings is 2. The monoisotopic (exact) mass is 268 g/mol. The topological polar surface area (TPSA) is 54.4 Å². The van der Waals surface area contributed by atoms with Gasteiger partial charge in [-0.15, -0.1) is 0 Å². The van der Waals surface area contributed by atoms with E-state index in [1.807, 2.05) is 37.3 Å². The van der Waals surface area contributed by atoms with Crippen molar-refractivity contribution in [2.24, 2.45) is 0 Å². The van der Waals surface area contributed by atoms with Crippen LogP contribution in [-0.4, -0.2) is 16.9 Å². The molecule has 102 valence electrons. The molecule has 1 atom stereocenters. The highest BCUT2D eigenvalue weighted by Gasteiger charge is 2.24. The summed E-state index contributed by atoms with van der Waals surface area (Å²) in [4.78, 5) is 23.5. The Balaban J connectivity index is 2.35. The predicted molar refractivity (Wildman–Crippen MR) is 76.9 cm³/mol. The second-order valence-corrected chi connectivity index (χ2v) is 4.79. The quantitative estimate of drug-likeness (QED) is 0.845. The normalized spacial score (nSPS) is 11.8. The van der Waals surface area contributed by atoms with Crippen molar-refractivity contribution in [3.8, 4) is 0 Å². The molecule has 0 saturated heterocycles. The molecule has 1 N–H and O–H groups in total. The Hall–Kier alpha value is -2.42. The van der Waals surface area contributed by atoms with Crippen LogP contribution in [0, 0.1) is 6.92 Å². The molecule has 2 aromatic rings. The molecule has 0 aliphatic heterocycles. The molecule has 0 aliphatic rings. The van der Waals surface area contributed by atoms with Gasteiger partial charge in [-0.3, -0.25) is 9.59 Å². The molecular formula is C17H16O3. The molecule has 0 aliphatic carbocycles. The van der Waals surface area contributed by atoms with E-state index in [1.165, 1.54) is 0 Å². The minimum atomic E-state index is -0.972. The molecule has 0 saturated carbocycles. The Morgan fingerprint density at radius 2 is 1.60 bits per heavy atom. The molecule has 0 heterocycles. The van der Waals surface area contributed by atoms with E-state index in [-0.39, 0.29) is 12.2 Å². The number of hydrogen-bond donors (Lipinski definition) is 1. The van der Waals surface area contributed by atoms with Gasteiger partial charge >= 0.3 is 5.97 Å². The minimum Gasteiger partial charge on any atom is -0.481 e. The number of aryl methyl sites for hydroxylation is 1. The maximum absolute atomic E-state index is 12.5. The van der Waals surface area contributed by atoms with Gasteiger partial charge in [0.25, 0.3) is 0 Å². The lowest BCUT2D eigenvalue weighted by Gasteiger charge is -2.14. The number of Topliss-reactive ketones (excluding diaryl/α,β-unsaturated/α-hetero) is 1. The lowest BCUT2D eigenvalue weighted by molar-refractivity contribution is -0.137. The third-order valence-electron chi connectivity index (χ3n) is 3.23. The van der Waals surface area contributed by atoms with E-state index in [0.717, 1.165) is 11.1 Å². The van der Waals surface area contributed by atoms with Gasteiger partial charge in [0.2, 0.25) is 0 Å². The number of carbonyl (C=O) groups is 2. The number of ketones is 1. The van der Waals surface area contributed by atoms with E-state index >= 15 is 0 Å². The number of carbonyl (C=O) groups excluding carboxylic acids is 1. The fourth-order valence-corrected chi connectivity index (χ4v) is 2.14. The highest BCUT2D eigenvalue weighted by Crippen LogP contribution is 2.25. The molecule has 0 amide bonds. The summed E-state index contributed by atoms with van der Waals surface area (Å²) in [5.74, 6) is -1.77. The van der Waals surface area contributed by atoms with Crippen LogP contribution in [0.25, 0.3) is 0 Å². The van der Waals surface area contributed by atoms with Crippen LogP contribution in [0.1, 0.15) is 33.8 Å². The molecule has 0 fully saturated rings. The summed E-state index contributed by atoms with van der Waals surface area (Å²) >= 11 is 0. The number of carboxylic acids is 1. The van der Waals surface area contributed by atoms with Crippen LogP contribution in [0.5, 0.6) is 0 Å². The summed E-state index contributed by atoms with van der Waals surface area (Å²) in [6.45, 7) is 1.95. The van der Waals surface area contributed by atoms with E-state index in [4.69, 9.17) is 5.11 Å². The smallest absolute Gasteiger partial charge is 0.304 e. The zero-order valence-electron chi connectivity index (χ0n) is 11.2. The predicted octanol–water partition coefficient (Wildman–Crippen LogP) is 3.44. The van der Waals surface area contributed by atoms with E-state index in [1.54, 1.807) is 24.3 Å². The Kier molecular flexibility index (Phi) is 4.31. The van der Waals surface area contributed by atoms with Crippen molar-refractivity contribution in [1.29, 1.82) is 0 Å². The highest BCUT2D eigenvalue weighted by molar-refractivity contribution is 6.02. The lowest BCUT2D eigenvalue weighted by atomic mass is 9.88. The van der Waals surface area contributed by atoms with Crippen molar-refractivity contribution in [2.45, 2.75) is 19.3 Å². The average Bonchev–Trinajstić information content (AvgIpc) is 2.46. The first kappa shape index (κ1) is 14.0. The molecule has 0 spiro atoms. The number of rotatable bonds is 5. The van der Waals surface area contributed by atoms with E-state index in [2.05, 4.69) is 0 Å². The zero-order valence-corrected chi connectivity index (χ0v) is 11.2. The van der Waals surface area contributed by atoms with Crippen LogP contribution in [0.4, 0.5) is 0 Å². The molecular weight excluding hydrogens is 252 g/mol. The van der Waals surface area contributed by atoms with Crippen LogP contribution in [-0.2, 0) is 4.79 Å². The molecule has 0 aromatic heterocycles. The largest absolute Gasteiger partial charge is 0.481 e. The van der Waals surface area contributed by atoms with Crippen molar-refractivity contribution in [1.82, 2.24) is 0 Å². The van der Waals surface area contributed by atoms with Gasteiger partial charge in [0, 0.05) is 5.56 Å². The minimum absolute atomic E-state index is 0.156.